The Hall–Kier alpha value is -1.54. The van der Waals surface area contributed by atoms with Crippen LogP contribution in [0.4, 0.5) is 0 Å². The van der Waals surface area contributed by atoms with Gasteiger partial charge >= 0.3 is 0 Å². The zero-order valence-corrected chi connectivity index (χ0v) is 19.0. The van der Waals surface area contributed by atoms with Gasteiger partial charge in [-0.3, -0.25) is 10.2 Å². The van der Waals surface area contributed by atoms with Gasteiger partial charge < -0.3 is 0 Å². The van der Waals surface area contributed by atoms with Gasteiger partial charge in [0.2, 0.25) is 5.91 Å². The van der Waals surface area contributed by atoms with Gasteiger partial charge in [0.15, 0.2) is 0 Å². The zero-order valence-electron chi connectivity index (χ0n) is 16.6. The molecular weight excluding hydrogens is 416 g/mol. The SMILES string of the molecule is Cc1c(C)c(C)c(CSCC(=O)NNS(=O)(=O)c2ccc(Cl)cc2)c(C)c1C. The summed E-state index contributed by atoms with van der Waals surface area (Å²) in [6.07, 6.45) is 0. The average Bonchev–Trinajstić information content (AvgIpc) is 2.66. The number of sulfonamides is 1. The van der Waals surface area contributed by atoms with E-state index in [0.717, 1.165) is 0 Å². The summed E-state index contributed by atoms with van der Waals surface area (Å²) < 4.78 is 24.3. The number of amides is 1. The fraction of sp³-hybridized carbons (Fsp3) is 0.350. The van der Waals surface area contributed by atoms with Gasteiger partial charge in [-0.15, -0.1) is 16.6 Å². The maximum Gasteiger partial charge on any atom is 0.257 e. The third-order valence-corrected chi connectivity index (χ3v) is 7.56. The summed E-state index contributed by atoms with van der Waals surface area (Å²) in [5, 5.41) is 0.437. The van der Waals surface area contributed by atoms with Crippen LogP contribution in [-0.2, 0) is 20.6 Å². The normalized spacial score (nSPS) is 11.5. The van der Waals surface area contributed by atoms with E-state index in [2.05, 4.69) is 44.9 Å². The van der Waals surface area contributed by atoms with Gasteiger partial charge in [0.25, 0.3) is 10.0 Å². The van der Waals surface area contributed by atoms with Crippen molar-refractivity contribution < 1.29 is 13.2 Å². The fourth-order valence-electron chi connectivity index (χ4n) is 2.87. The first-order valence-electron chi connectivity index (χ1n) is 8.74. The molecule has 28 heavy (non-hydrogen) atoms. The van der Waals surface area contributed by atoms with Crippen molar-refractivity contribution in [1.29, 1.82) is 0 Å². The van der Waals surface area contributed by atoms with E-state index in [4.69, 9.17) is 11.6 Å². The van der Waals surface area contributed by atoms with Crippen LogP contribution in [0.1, 0.15) is 33.4 Å². The molecular formula is C20H25ClN2O3S2. The molecule has 0 fully saturated rings. The second kappa shape index (κ2) is 9.31. The molecule has 2 N–H and O–H groups in total. The molecule has 0 aliphatic rings. The maximum atomic E-state index is 12.2. The highest BCUT2D eigenvalue weighted by Gasteiger charge is 2.16. The van der Waals surface area contributed by atoms with Crippen LogP contribution in [0, 0.1) is 34.6 Å². The van der Waals surface area contributed by atoms with Gasteiger partial charge in [-0.05, 0) is 92.3 Å². The standard InChI is InChI=1S/C20H25ClN2O3S2/c1-12-13(2)15(4)19(16(5)14(12)3)10-27-11-20(24)22-23-28(25,26)18-8-6-17(21)7-9-18/h6-9,23H,10-11H2,1-5H3,(H,22,24). The van der Waals surface area contributed by atoms with Crippen molar-refractivity contribution in [2.45, 2.75) is 45.3 Å². The number of carbonyl (C=O) groups is 1. The highest BCUT2D eigenvalue weighted by Crippen LogP contribution is 2.28. The van der Waals surface area contributed by atoms with E-state index in [1.165, 1.54) is 69.4 Å². The molecule has 0 saturated heterocycles. The van der Waals surface area contributed by atoms with E-state index in [1.54, 1.807) is 0 Å². The summed E-state index contributed by atoms with van der Waals surface area (Å²) in [5.74, 6) is 0.434. The molecule has 0 saturated carbocycles. The van der Waals surface area contributed by atoms with Crippen LogP contribution in [0.3, 0.4) is 0 Å². The van der Waals surface area contributed by atoms with Crippen LogP contribution in [0.5, 0.6) is 0 Å². The van der Waals surface area contributed by atoms with Gasteiger partial charge in [0.1, 0.15) is 0 Å². The molecule has 0 aromatic heterocycles. The van der Waals surface area contributed by atoms with Crippen molar-refractivity contribution in [3.8, 4) is 0 Å². The van der Waals surface area contributed by atoms with Crippen molar-refractivity contribution in [1.82, 2.24) is 10.3 Å². The molecule has 0 radical (unpaired) electrons. The lowest BCUT2D eigenvalue weighted by Crippen LogP contribution is -2.42. The lowest BCUT2D eigenvalue weighted by molar-refractivity contribution is -0.119. The highest BCUT2D eigenvalue weighted by molar-refractivity contribution is 7.99. The molecule has 0 bridgehead atoms. The van der Waals surface area contributed by atoms with E-state index >= 15 is 0 Å². The Morgan fingerprint density at radius 2 is 1.43 bits per heavy atom. The van der Waals surface area contributed by atoms with E-state index < -0.39 is 15.9 Å². The number of halogens is 1. The van der Waals surface area contributed by atoms with Crippen LogP contribution in [0.15, 0.2) is 29.2 Å². The molecule has 8 heteroatoms. The van der Waals surface area contributed by atoms with E-state index in [1.807, 2.05) is 0 Å². The Kier molecular flexibility index (Phi) is 7.56. The van der Waals surface area contributed by atoms with Crippen LogP contribution >= 0.6 is 23.4 Å². The first kappa shape index (κ1) is 22.7. The summed E-state index contributed by atoms with van der Waals surface area (Å²) in [5.41, 5.74) is 9.84. The Balaban J connectivity index is 1.93. The predicted octanol–water partition coefficient (Wildman–Crippen LogP) is 4.13. The molecule has 2 rings (SSSR count). The molecule has 0 heterocycles. The van der Waals surface area contributed by atoms with Crippen molar-refractivity contribution in [3.05, 3.63) is 62.7 Å². The number of thioether (sulfide) groups is 1. The first-order valence-corrected chi connectivity index (χ1v) is 11.8. The van der Waals surface area contributed by atoms with Gasteiger partial charge in [-0.1, -0.05) is 11.6 Å². The van der Waals surface area contributed by atoms with Gasteiger partial charge in [0, 0.05) is 10.8 Å². The summed E-state index contributed by atoms with van der Waals surface area (Å²) >= 11 is 7.21. The average molecular weight is 441 g/mol. The Bertz CT molecular complexity index is 958. The third kappa shape index (κ3) is 5.29. The second-order valence-corrected chi connectivity index (χ2v) is 9.81. The summed E-state index contributed by atoms with van der Waals surface area (Å²) in [7, 11) is -3.83. The van der Waals surface area contributed by atoms with Crippen molar-refractivity contribution in [2.75, 3.05) is 5.75 Å². The Morgan fingerprint density at radius 3 is 1.96 bits per heavy atom. The predicted molar refractivity (Wildman–Crippen MR) is 116 cm³/mol. The molecule has 0 spiro atoms. The fourth-order valence-corrected chi connectivity index (χ4v) is 4.86. The van der Waals surface area contributed by atoms with Crippen LogP contribution in [0.2, 0.25) is 5.02 Å². The van der Waals surface area contributed by atoms with Gasteiger partial charge in [-0.25, -0.2) is 8.42 Å². The molecule has 0 unspecified atom stereocenters. The minimum Gasteiger partial charge on any atom is -0.277 e. The van der Waals surface area contributed by atoms with Gasteiger partial charge in [0.05, 0.1) is 10.6 Å². The summed E-state index contributed by atoms with van der Waals surface area (Å²) in [6.45, 7) is 10.6. The molecule has 1 amide bonds. The minimum absolute atomic E-state index is 0.0294. The lowest BCUT2D eigenvalue weighted by atomic mass is 9.90. The monoisotopic (exact) mass is 440 g/mol. The molecule has 2 aromatic rings. The first-order chi connectivity index (χ1) is 13.0. The lowest BCUT2D eigenvalue weighted by Gasteiger charge is -2.18. The highest BCUT2D eigenvalue weighted by atomic mass is 35.5. The molecule has 2 aromatic carbocycles. The molecule has 0 aliphatic carbocycles. The molecule has 5 nitrogen and oxygen atoms in total. The minimum atomic E-state index is -3.83. The van der Waals surface area contributed by atoms with E-state index in [9.17, 15) is 13.2 Å². The number of benzene rings is 2. The van der Waals surface area contributed by atoms with Crippen LogP contribution in [-0.4, -0.2) is 20.1 Å². The number of carbonyl (C=O) groups excluding carboxylic acids is 1. The van der Waals surface area contributed by atoms with Crippen molar-refractivity contribution >= 4 is 39.3 Å². The van der Waals surface area contributed by atoms with Gasteiger partial charge in [-0.2, -0.15) is 0 Å². The summed E-state index contributed by atoms with van der Waals surface area (Å²) in [6, 6.07) is 5.70. The molecule has 0 aliphatic heterocycles. The Labute approximate surface area is 176 Å². The van der Waals surface area contributed by atoms with E-state index in [-0.39, 0.29) is 10.6 Å². The number of rotatable bonds is 7. The van der Waals surface area contributed by atoms with E-state index in [0.29, 0.717) is 10.8 Å². The maximum absolute atomic E-state index is 12.2. The molecule has 152 valence electrons. The van der Waals surface area contributed by atoms with Crippen molar-refractivity contribution in [3.63, 3.8) is 0 Å². The number of hydrazine groups is 1. The quantitative estimate of drug-likeness (QED) is 0.635. The second-order valence-electron chi connectivity index (χ2n) is 6.70. The number of hydrogen-bond acceptors (Lipinski definition) is 4. The van der Waals surface area contributed by atoms with Crippen LogP contribution < -0.4 is 10.3 Å². The zero-order chi connectivity index (χ0) is 21.1. The van der Waals surface area contributed by atoms with Crippen molar-refractivity contribution in [2.24, 2.45) is 0 Å². The van der Waals surface area contributed by atoms with Crippen LogP contribution in [0.25, 0.3) is 0 Å². The summed E-state index contributed by atoms with van der Waals surface area (Å²) in [4.78, 5) is 14.2. The molecule has 0 atom stereocenters. The largest absolute Gasteiger partial charge is 0.277 e. The number of nitrogens with one attached hydrogen (secondary N) is 2. The number of hydrogen-bond donors (Lipinski definition) is 2. The third-order valence-electron chi connectivity index (χ3n) is 5.08. The topological polar surface area (TPSA) is 75.3 Å². The smallest absolute Gasteiger partial charge is 0.257 e. The Morgan fingerprint density at radius 1 is 0.929 bits per heavy atom.